The molecule has 0 saturated heterocycles. The molecule has 142 valence electrons. The standard InChI is InChI=1S/C20H40N2O2/c1-4-6-7-8-9-10-11-12-13-14-18-22(3)20(24)16-15-19(23)21-17-5-2/h4-18H2,1-3H3,(H,21,23). The van der Waals surface area contributed by atoms with Crippen molar-refractivity contribution in [1.82, 2.24) is 10.2 Å². The SMILES string of the molecule is CCCCCCCCCCCCN(C)C(=O)CCC(=O)NCCC. The Morgan fingerprint density at radius 2 is 1.29 bits per heavy atom. The fourth-order valence-electron chi connectivity index (χ4n) is 2.73. The first-order valence-corrected chi connectivity index (χ1v) is 10.1. The van der Waals surface area contributed by atoms with Crippen LogP contribution in [0.2, 0.25) is 0 Å². The largest absolute Gasteiger partial charge is 0.356 e. The molecule has 0 radical (unpaired) electrons. The van der Waals surface area contributed by atoms with Crippen molar-refractivity contribution in [3.63, 3.8) is 0 Å². The Bertz CT molecular complexity index is 319. The normalized spacial score (nSPS) is 10.6. The smallest absolute Gasteiger partial charge is 0.222 e. The Hall–Kier alpha value is -1.06. The average Bonchev–Trinajstić information content (AvgIpc) is 2.59. The van der Waals surface area contributed by atoms with Crippen molar-refractivity contribution in [1.29, 1.82) is 0 Å². The van der Waals surface area contributed by atoms with Crippen LogP contribution in [0.4, 0.5) is 0 Å². The molecule has 2 amide bonds. The minimum absolute atomic E-state index is 0.0162. The quantitative estimate of drug-likeness (QED) is 0.415. The molecule has 0 saturated carbocycles. The lowest BCUT2D eigenvalue weighted by molar-refractivity contribution is -0.132. The van der Waals surface area contributed by atoms with E-state index in [9.17, 15) is 9.59 Å². The summed E-state index contributed by atoms with van der Waals surface area (Å²) < 4.78 is 0. The summed E-state index contributed by atoms with van der Waals surface area (Å²) >= 11 is 0. The Labute approximate surface area is 149 Å². The van der Waals surface area contributed by atoms with Gasteiger partial charge in [-0.05, 0) is 12.8 Å². The first kappa shape index (κ1) is 22.9. The van der Waals surface area contributed by atoms with Gasteiger partial charge in [-0.1, -0.05) is 71.6 Å². The van der Waals surface area contributed by atoms with Crippen molar-refractivity contribution in [3.8, 4) is 0 Å². The molecule has 0 aromatic heterocycles. The summed E-state index contributed by atoms with van der Waals surface area (Å²) in [5, 5.41) is 2.80. The summed E-state index contributed by atoms with van der Waals surface area (Å²) in [5.74, 6) is 0.0649. The summed E-state index contributed by atoms with van der Waals surface area (Å²) in [6.07, 6.45) is 14.6. The van der Waals surface area contributed by atoms with E-state index < -0.39 is 0 Å². The lowest BCUT2D eigenvalue weighted by atomic mass is 10.1. The van der Waals surface area contributed by atoms with E-state index in [0.717, 1.165) is 19.4 Å². The predicted octanol–water partition coefficient (Wildman–Crippen LogP) is 4.67. The third kappa shape index (κ3) is 14.5. The van der Waals surface area contributed by atoms with Gasteiger partial charge in [0.2, 0.25) is 11.8 Å². The third-order valence-electron chi connectivity index (χ3n) is 4.41. The van der Waals surface area contributed by atoms with Gasteiger partial charge in [0.15, 0.2) is 0 Å². The van der Waals surface area contributed by atoms with Crippen LogP contribution >= 0.6 is 0 Å². The molecule has 0 spiro atoms. The van der Waals surface area contributed by atoms with E-state index in [0.29, 0.717) is 19.4 Å². The summed E-state index contributed by atoms with van der Waals surface area (Å²) in [5.41, 5.74) is 0. The van der Waals surface area contributed by atoms with Crippen molar-refractivity contribution < 1.29 is 9.59 Å². The van der Waals surface area contributed by atoms with Gasteiger partial charge in [-0.25, -0.2) is 0 Å². The molecule has 0 bridgehead atoms. The number of carbonyl (C=O) groups excluding carboxylic acids is 2. The topological polar surface area (TPSA) is 49.4 Å². The highest BCUT2D eigenvalue weighted by molar-refractivity contribution is 5.83. The summed E-state index contributed by atoms with van der Waals surface area (Å²) in [7, 11) is 1.85. The molecule has 4 nitrogen and oxygen atoms in total. The molecule has 24 heavy (non-hydrogen) atoms. The number of amides is 2. The molecule has 0 unspecified atom stereocenters. The molecule has 0 aromatic carbocycles. The Kier molecular flexibility index (Phi) is 16.0. The number of nitrogens with one attached hydrogen (secondary N) is 1. The van der Waals surface area contributed by atoms with Crippen molar-refractivity contribution in [2.45, 2.75) is 97.3 Å². The van der Waals surface area contributed by atoms with E-state index >= 15 is 0 Å². The highest BCUT2D eigenvalue weighted by Crippen LogP contribution is 2.10. The van der Waals surface area contributed by atoms with Gasteiger partial charge < -0.3 is 10.2 Å². The van der Waals surface area contributed by atoms with Gasteiger partial charge in [-0.15, -0.1) is 0 Å². The van der Waals surface area contributed by atoms with Crippen LogP contribution in [0.3, 0.4) is 0 Å². The summed E-state index contributed by atoms with van der Waals surface area (Å²) in [4.78, 5) is 25.2. The molecule has 1 N–H and O–H groups in total. The second kappa shape index (κ2) is 16.8. The molecule has 0 heterocycles. The van der Waals surface area contributed by atoms with Crippen LogP contribution in [0.1, 0.15) is 97.3 Å². The van der Waals surface area contributed by atoms with Crippen LogP contribution in [0.25, 0.3) is 0 Å². The summed E-state index contributed by atoms with van der Waals surface area (Å²) in [6, 6.07) is 0. The Balaban J connectivity index is 3.46. The van der Waals surface area contributed by atoms with Crippen LogP contribution in [-0.4, -0.2) is 36.9 Å². The fraction of sp³-hybridized carbons (Fsp3) is 0.900. The van der Waals surface area contributed by atoms with Crippen molar-refractivity contribution in [2.75, 3.05) is 20.1 Å². The minimum atomic E-state index is -0.0162. The van der Waals surface area contributed by atoms with Crippen molar-refractivity contribution in [3.05, 3.63) is 0 Å². The van der Waals surface area contributed by atoms with E-state index in [2.05, 4.69) is 12.2 Å². The zero-order chi connectivity index (χ0) is 18.0. The maximum absolute atomic E-state index is 12.0. The molecule has 4 heteroatoms. The average molecular weight is 341 g/mol. The van der Waals surface area contributed by atoms with Gasteiger partial charge in [0.1, 0.15) is 0 Å². The van der Waals surface area contributed by atoms with E-state index in [1.54, 1.807) is 4.90 Å². The van der Waals surface area contributed by atoms with Gasteiger partial charge >= 0.3 is 0 Å². The van der Waals surface area contributed by atoms with E-state index in [1.165, 1.54) is 57.8 Å². The molecule has 0 aliphatic carbocycles. The van der Waals surface area contributed by atoms with Gasteiger partial charge in [-0.2, -0.15) is 0 Å². The Morgan fingerprint density at radius 1 is 0.750 bits per heavy atom. The minimum Gasteiger partial charge on any atom is -0.356 e. The lowest BCUT2D eigenvalue weighted by Crippen LogP contribution is -2.30. The van der Waals surface area contributed by atoms with Crippen LogP contribution in [0.5, 0.6) is 0 Å². The summed E-state index contributed by atoms with van der Waals surface area (Å²) in [6.45, 7) is 5.78. The Morgan fingerprint density at radius 3 is 1.83 bits per heavy atom. The second-order valence-corrected chi connectivity index (χ2v) is 6.85. The number of rotatable bonds is 16. The molecular formula is C20H40N2O2. The molecular weight excluding hydrogens is 300 g/mol. The maximum atomic E-state index is 12.0. The van der Waals surface area contributed by atoms with E-state index in [4.69, 9.17) is 0 Å². The fourth-order valence-corrected chi connectivity index (χ4v) is 2.73. The van der Waals surface area contributed by atoms with Crippen molar-refractivity contribution >= 4 is 11.8 Å². The first-order chi connectivity index (χ1) is 11.6. The maximum Gasteiger partial charge on any atom is 0.222 e. The van der Waals surface area contributed by atoms with Gasteiger partial charge in [0, 0.05) is 33.0 Å². The number of carbonyl (C=O) groups is 2. The van der Waals surface area contributed by atoms with Crippen LogP contribution in [-0.2, 0) is 9.59 Å². The molecule has 0 aliphatic rings. The van der Waals surface area contributed by atoms with Gasteiger partial charge in [-0.3, -0.25) is 9.59 Å². The van der Waals surface area contributed by atoms with Crippen LogP contribution < -0.4 is 5.32 Å². The lowest BCUT2D eigenvalue weighted by Gasteiger charge is -2.17. The highest BCUT2D eigenvalue weighted by Gasteiger charge is 2.10. The highest BCUT2D eigenvalue weighted by atomic mass is 16.2. The molecule has 0 atom stereocenters. The zero-order valence-electron chi connectivity index (χ0n) is 16.4. The number of nitrogens with zero attached hydrogens (tertiary/aromatic N) is 1. The van der Waals surface area contributed by atoms with Gasteiger partial charge in [0.25, 0.3) is 0 Å². The van der Waals surface area contributed by atoms with Crippen LogP contribution in [0.15, 0.2) is 0 Å². The second-order valence-electron chi connectivity index (χ2n) is 6.85. The monoisotopic (exact) mass is 340 g/mol. The number of hydrogen-bond donors (Lipinski definition) is 1. The van der Waals surface area contributed by atoms with E-state index in [1.807, 2.05) is 14.0 Å². The number of hydrogen-bond acceptors (Lipinski definition) is 2. The predicted molar refractivity (Wildman–Crippen MR) is 102 cm³/mol. The molecule has 0 rings (SSSR count). The number of unbranched alkanes of at least 4 members (excludes halogenated alkanes) is 9. The van der Waals surface area contributed by atoms with Gasteiger partial charge in [0.05, 0.1) is 0 Å². The molecule has 0 aliphatic heterocycles. The molecule has 0 fully saturated rings. The third-order valence-corrected chi connectivity index (χ3v) is 4.41. The van der Waals surface area contributed by atoms with Crippen molar-refractivity contribution in [2.24, 2.45) is 0 Å². The van der Waals surface area contributed by atoms with Crippen LogP contribution in [0, 0.1) is 0 Å². The first-order valence-electron chi connectivity index (χ1n) is 10.1. The molecule has 0 aromatic rings. The zero-order valence-corrected chi connectivity index (χ0v) is 16.4. The van der Waals surface area contributed by atoms with E-state index in [-0.39, 0.29) is 11.8 Å².